The number of aromatic nitrogens is 2. The van der Waals surface area contributed by atoms with Crippen LogP contribution in [0.3, 0.4) is 0 Å². The Morgan fingerprint density at radius 3 is 2.76 bits per heavy atom. The Bertz CT molecular complexity index is 922. The van der Waals surface area contributed by atoms with Gasteiger partial charge >= 0.3 is 0 Å². The number of rotatable bonds is 4. The van der Waals surface area contributed by atoms with Gasteiger partial charge in [-0.1, -0.05) is 29.8 Å². The van der Waals surface area contributed by atoms with Crippen LogP contribution in [-0.2, 0) is 11.8 Å². The van der Waals surface area contributed by atoms with E-state index in [1.165, 1.54) is 6.08 Å². The fraction of sp³-hybridized carbons (Fsp3) is 0.263. The molecule has 0 spiro atoms. The van der Waals surface area contributed by atoms with Gasteiger partial charge in [-0.15, -0.1) is 0 Å². The highest BCUT2D eigenvalue weighted by Gasteiger charge is 2.19. The molecule has 3 rings (SSSR count). The van der Waals surface area contributed by atoms with Crippen LogP contribution in [0, 0.1) is 6.92 Å². The lowest BCUT2D eigenvalue weighted by molar-refractivity contribution is -0.126. The molecule has 1 amide bonds. The molecule has 25 heavy (non-hydrogen) atoms. The van der Waals surface area contributed by atoms with E-state index in [9.17, 15) is 4.79 Å². The van der Waals surface area contributed by atoms with Crippen molar-refractivity contribution in [2.75, 3.05) is 7.05 Å². The zero-order chi connectivity index (χ0) is 18.1. The number of para-hydroxylation sites is 1. The average Bonchev–Trinajstić information content (AvgIpc) is 3.13. The molecule has 5 nitrogen and oxygen atoms in total. The standard InChI is InChI=1S/C19H20ClN3O2/c1-12-15(19(20)23(4)21-12)9-10-18(24)22(3)13(2)17-11-14-7-5-6-8-16(14)25-17/h5-11,13H,1-4H3/b10-9+. The van der Waals surface area contributed by atoms with Gasteiger partial charge in [-0.2, -0.15) is 5.10 Å². The van der Waals surface area contributed by atoms with E-state index in [1.54, 1.807) is 29.8 Å². The summed E-state index contributed by atoms with van der Waals surface area (Å²) in [6.07, 6.45) is 3.21. The van der Waals surface area contributed by atoms with Crippen molar-refractivity contribution in [1.29, 1.82) is 0 Å². The highest BCUT2D eigenvalue weighted by Crippen LogP contribution is 2.27. The number of likely N-dealkylation sites (N-methyl/N-ethyl adjacent to an activating group) is 1. The Morgan fingerprint density at radius 2 is 2.12 bits per heavy atom. The number of fused-ring (bicyclic) bond motifs is 1. The van der Waals surface area contributed by atoms with Crippen LogP contribution in [0.5, 0.6) is 0 Å². The lowest BCUT2D eigenvalue weighted by atomic mass is 10.2. The van der Waals surface area contributed by atoms with E-state index in [0.717, 1.165) is 28.0 Å². The quantitative estimate of drug-likeness (QED) is 0.652. The van der Waals surface area contributed by atoms with Crippen molar-refractivity contribution >= 4 is 34.6 Å². The number of amides is 1. The highest BCUT2D eigenvalue weighted by atomic mass is 35.5. The first-order valence-corrected chi connectivity index (χ1v) is 8.38. The molecule has 1 aromatic carbocycles. The summed E-state index contributed by atoms with van der Waals surface area (Å²) >= 11 is 6.19. The zero-order valence-corrected chi connectivity index (χ0v) is 15.4. The van der Waals surface area contributed by atoms with E-state index in [4.69, 9.17) is 16.0 Å². The van der Waals surface area contributed by atoms with Crippen molar-refractivity contribution in [3.63, 3.8) is 0 Å². The summed E-state index contributed by atoms with van der Waals surface area (Å²) in [5.74, 6) is 0.619. The van der Waals surface area contributed by atoms with Crippen LogP contribution in [0.1, 0.15) is 30.0 Å². The summed E-state index contributed by atoms with van der Waals surface area (Å²) in [6.45, 7) is 3.79. The number of nitrogens with zero attached hydrogens (tertiary/aromatic N) is 3. The Labute approximate surface area is 151 Å². The van der Waals surface area contributed by atoms with Crippen molar-refractivity contribution < 1.29 is 9.21 Å². The van der Waals surface area contributed by atoms with Gasteiger partial charge in [0.2, 0.25) is 5.91 Å². The molecule has 6 heteroatoms. The summed E-state index contributed by atoms with van der Waals surface area (Å²) < 4.78 is 7.44. The molecule has 2 heterocycles. The molecule has 0 bridgehead atoms. The number of hydrogen-bond acceptors (Lipinski definition) is 3. The van der Waals surface area contributed by atoms with Crippen molar-refractivity contribution in [3.8, 4) is 0 Å². The van der Waals surface area contributed by atoms with Crippen LogP contribution in [-0.4, -0.2) is 27.6 Å². The van der Waals surface area contributed by atoms with Gasteiger partial charge in [0, 0.05) is 31.1 Å². The monoisotopic (exact) mass is 357 g/mol. The topological polar surface area (TPSA) is 51.3 Å². The predicted molar refractivity (Wildman–Crippen MR) is 99.4 cm³/mol. The molecular weight excluding hydrogens is 338 g/mol. The Morgan fingerprint density at radius 1 is 1.40 bits per heavy atom. The third kappa shape index (κ3) is 3.33. The lowest BCUT2D eigenvalue weighted by Gasteiger charge is -2.21. The maximum atomic E-state index is 12.5. The van der Waals surface area contributed by atoms with Crippen molar-refractivity contribution in [2.24, 2.45) is 7.05 Å². The molecule has 0 N–H and O–H groups in total. The molecule has 2 aromatic heterocycles. The van der Waals surface area contributed by atoms with Crippen molar-refractivity contribution in [2.45, 2.75) is 19.9 Å². The minimum atomic E-state index is -0.185. The number of aryl methyl sites for hydroxylation is 2. The van der Waals surface area contributed by atoms with Crippen molar-refractivity contribution in [1.82, 2.24) is 14.7 Å². The van der Waals surface area contributed by atoms with Crippen LogP contribution >= 0.6 is 11.6 Å². The average molecular weight is 358 g/mol. The van der Waals surface area contributed by atoms with Gasteiger partial charge < -0.3 is 9.32 Å². The normalized spacial score (nSPS) is 12.8. The zero-order valence-electron chi connectivity index (χ0n) is 14.7. The second kappa shape index (κ2) is 6.76. The fourth-order valence-corrected chi connectivity index (χ4v) is 2.94. The van der Waals surface area contributed by atoms with E-state index in [0.29, 0.717) is 5.15 Å². The minimum Gasteiger partial charge on any atom is -0.459 e. The molecule has 1 atom stereocenters. The van der Waals surface area contributed by atoms with E-state index in [1.807, 2.05) is 44.2 Å². The van der Waals surface area contributed by atoms with E-state index >= 15 is 0 Å². The molecule has 1 unspecified atom stereocenters. The molecule has 130 valence electrons. The first-order chi connectivity index (χ1) is 11.9. The summed E-state index contributed by atoms with van der Waals surface area (Å²) in [7, 11) is 3.52. The maximum absolute atomic E-state index is 12.5. The summed E-state index contributed by atoms with van der Waals surface area (Å²) in [5.41, 5.74) is 2.35. The van der Waals surface area contributed by atoms with Crippen LogP contribution < -0.4 is 0 Å². The SMILES string of the molecule is Cc1nn(C)c(Cl)c1/C=C/C(=O)N(C)C(C)c1cc2ccccc2o1. The predicted octanol–water partition coefficient (Wildman–Crippen LogP) is 4.36. The number of hydrogen-bond donors (Lipinski definition) is 0. The molecule has 0 fully saturated rings. The summed E-state index contributed by atoms with van der Waals surface area (Å²) in [6, 6.07) is 9.58. The van der Waals surface area contributed by atoms with Gasteiger partial charge in [0.25, 0.3) is 0 Å². The van der Waals surface area contributed by atoms with Crippen molar-refractivity contribution in [3.05, 3.63) is 58.6 Å². The van der Waals surface area contributed by atoms with Gasteiger partial charge in [0.05, 0.1) is 11.7 Å². The Hall–Kier alpha value is -2.53. The molecule has 0 radical (unpaired) electrons. The minimum absolute atomic E-state index is 0.132. The third-order valence-electron chi connectivity index (χ3n) is 4.37. The molecule has 0 aliphatic rings. The molecular formula is C19H20ClN3O2. The van der Waals surface area contributed by atoms with E-state index in [2.05, 4.69) is 5.10 Å². The number of benzene rings is 1. The second-order valence-electron chi connectivity index (χ2n) is 6.06. The fourth-order valence-electron chi connectivity index (χ4n) is 2.70. The number of carbonyl (C=O) groups is 1. The largest absolute Gasteiger partial charge is 0.459 e. The van der Waals surface area contributed by atoms with E-state index in [-0.39, 0.29) is 11.9 Å². The van der Waals surface area contributed by atoms with Crippen LogP contribution in [0.25, 0.3) is 17.0 Å². The Kier molecular flexibility index (Phi) is 4.68. The van der Waals surface area contributed by atoms with Gasteiger partial charge in [-0.05, 0) is 32.1 Å². The molecule has 0 saturated heterocycles. The van der Waals surface area contributed by atoms with Gasteiger partial charge in [0.15, 0.2) is 0 Å². The smallest absolute Gasteiger partial charge is 0.246 e. The van der Waals surface area contributed by atoms with E-state index < -0.39 is 0 Å². The number of carbonyl (C=O) groups excluding carboxylic acids is 1. The first kappa shape index (κ1) is 17.3. The van der Waals surface area contributed by atoms with Crippen LogP contribution in [0.15, 0.2) is 40.8 Å². The first-order valence-electron chi connectivity index (χ1n) is 8.01. The third-order valence-corrected chi connectivity index (χ3v) is 4.82. The second-order valence-corrected chi connectivity index (χ2v) is 6.42. The highest BCUT2D eigenvalue weighted by molar-refractivity contribution is 6.31. The molecule has 0 aliphatic carbocycles. The Balaban J connectivity index is 1.78. The molecule has 0 saturated carbocycles. The number of furan rings is 1. The van der Waals surface area contributed by atoms with Gasteiger partial charge in [-0.3, -0.25) is 9.48 Å². The summed E-state index contributed by atoms with van der Waals surface area (Å²) in [5, 5.41) is 5.77. The number of halogens is 1. The van der Waals surface area contributed by atoms with Crippen LogP contribution in [0.2, 0.25) is 5.15 Å². The van der Waals surface area contributed by atoms with Crippen LogP contribution in [0.4, 0.5) is 0 Å². The molecule has 3 aromatic rings. The van der Waals surface area contributed by atoms with Gasteiger partial charge in [-0.25, -0.2) is 0 Å². The maximum Gasteiger partial charge on any atom is 0.246 e. The summed E-state index contributed by atoms with van der Waals surface area (Å²) in [4.78, 5) is 14.1. The van der Waals surface area contributed by atoms with Gasteiger partial charge in [0.1, 0.15) is 16.5 Å². The molecule has 0 aliphatic heterocycles. The lowest BCUT2D eigenvalue weighted by Crippen LogP contribution is -2.27.